The number of carbonyl (C=O) groups excluding carboxylic acids is 1. The van der Waals surface area contributed by atoms with Crippen molar-refractivity contribution in [1.29, 1.82) is 0 Å². The van der Waals surface area contributed by atoms with Crippen molar-refractivity contribution in [2.75, 3.05) is 26.6 Å². The van der Waals surface area contributed by atoms with E-state index in [0.717, 1.165) is 5.56 Å². The van der Waals surface area contributed by atoms with Gasteiger partial charge in [-0.2, -0.15) is 0 Å². The first-order chi connectivity index (χ1) is 10.7. The smallest absolute Gasteiger partial charge is 0.228 e. The molecule has 2 rings (SSSR count). The Morgan fingerprint density at radius 2 is 1.68 bits per heavy atom. The Morgan fingerprint density at radius 1 is 0.955 bits per heavy atom. The summed E-state index contributed by atoms with van der Waals surface area (Å²) in [6.45, 7) is 0. The second kappa shape index (κ2) is 7.36. The third-order valence-electron chi connectivity index (χ3n) is 3.19. The molecule has 0 heterocycles. The van der Waals surface area contributed by atoms with E-state index >= 15 is 0 Å². The van der Waals surface area contributed by atoms with Crippen LogP contribution in [0.25, 0.3) is 0 Å². The van der Waals surface area contributed by atoms with Crippen LogP contribution in [0.2, 0.25) is 0 Å². The molecule has 0 aromatic heterocycles. The highest BCUT2D eigenvalue weighted by Crippen LogP contribution is 2.25. The summed E-state index contributed by atoms with van der Waals surface area (Å²) < 4.78 is 15.6. The maximum absolute atomic E-state index is 12.2. The predicted octanol–water partition coefficient (Wildman–Crippen LogP) is 2.89. The molecule has 1 amide bonds. The fraction of sp³-hybridized carbons (Fsp3) is 0.235. The topological polar surface area (TPSA) is 56.8 Å². The van der Waals surface area contributed by atoms with E-state index in [1.807, 2.05) is 18.2 Å². The summed E-state index contributed by atoms with van der Waals surface area (Å²) in [4.78, 5) is 12.2. The Labute approximate surface area is 129 Å². The second-order valence-electron chi connectivity index (χ2n) is 4.63. The van der Waals surface area contributed by atoms with Gasteiger partial charge in [0, 0.05) is 17.3 Å². The van der Waals surface area contributed by atoms with Crippen molar-refractivity contribution in [2.24, 2.45) is 0 Å². The molecule has 0 atom stereocenters. The standard InChI is InChI=1S/C17H19NO4/c1-20-14-6-4-5-13(11-14)18-17(19)10-12-9-15(21-2)7-8-16(12)22-3/h4-9,11H,10H2,1-3H3,(H,18,19). The van der Waals surface area contributed by atoms with Crippen molar-refractivity contribution < 1.29 is 19.0 Å². The number of amides is 1. The van der Waals surface area contributed by atoms with Crippen molar-refractivity contribution >= 4 is 11.6 Å². The van der Waals surface area contributed by atoms with Gasteiger partial charge in [-0.25, -0.2) is 0 Å². The zero-order valence-electron chi connectivity index (χ0n) is 12.9. The third kappa shape index (κ3) is 3.91. The first-order valence-electron chi connectivity index (χ1n) is 6.81. The van der Waals surface area contributed by atoms with Crippen LogP contribution < -0.4 is 19.5 Å². The molecule has 5 heteroatoms. The van der Waals surface area contributed by atoms with Gasteiger partial charge in [-0.3, -0.25) is 4.79 Å². The lowest BCUT2D eigenvalue weighted by Gasteiger charge is -2.11. The summed E-state index contributed by atoms with van der Waals surface area (Å²) in [5.41, 5.74) is 1.45. The van der Waals surface area contributed by atoms with E-state index in [4.69, 9.17) is 14.2 Å². The van der Waals surface area contributed by atoms with Crippen LogP contribution >= 0.6 is 0 Å². The van der Waals surface area contributed by atoms with Crippen molar-refractivity contribution in [1.82, 2.24) is 0 Å². The fourth-order valence-electron chi connectivity index (χ4n) is 2.10. The number of benzene rings is 2. The lowest BCUT2D eigenvalue weighted by atomic mass is 10.1. The van der Waals surface area contributed by atoms with Crippen LogP contribution in [-0.4, -0.2) is 27.2 Å². The summed E-state index contributed by atoms with van der Waals surface area (Å²) >= 11 is 0. The Bertz CT molecular complexity index is 655. The number of hydrogen-bond donors (Lipinski definition) is 1. The molecule has 0 saturated heterocycles. The van der Waals surface area contributed by atoms with Crippen LogP contribution in [0.5, 0.6) is 17.2 Å². The van der Waals surface area contributed by atoms with Gasteiger partial charge in [-0.1, -0.05) is 6.07 Å². The van der Waals surface area contributed by atoms with Crippen molar-refractivity contribution in [3.63, 3.8) is 0 Å². The highest BCUT2D eigenvalue weighted by atomic mass is 16.5. The molecule has 0 bridgehead atoms. The molecule has 2 aromatic rings. The first-order valence-corrected chi connectivity index (χ1v) is 6.81. The van der Waals surface area contributed by atoms with Gasteiger partial charge in [0.1, 0.15) is 17.2 Å². The van der Waals surface area contributed by atoms with Crippen LogP contribution in [0.3, 0.4) is 0 Å². The van der Waals surface area contributed by atoms with E-state index in [9.17, 15) is 4.79 Å². The number of rotatable bonds is 6. The van der Waals surface area contributed by atoms with E-state index in [1.54, 1.807) is 45.6 Å². The van der Waals surface area contributed by atoms with Gasteiger partial charge >= 0.3 is 0 Å². The third-order valence-corrected chi connectivity index (χ3v) is 3.19. The van der Waals surface area contributed by atoms with Gasteiger partial charge in [-0.15, -0.1) is 0 Å². The monoisotopic (exact) mass is 301 g/mol. The number of hydrogen-bond acceptors (Lipinski definition) is 4. The molecule has 0 unspecified atom stereocenters. The molecule has 0 aliphatic rings. The van der Waals surface area contributed by atoms with Crippen molar-refractivity contribution in [3.8, 4) is 17.2 Å². The lowest BCUT2D eigenvalue weighted by Crippen LogP contribution is -2.15. The van der Waals surface area contributed by atoms with Crippen LogP contribution in [0.4, 0.5) is 5.69 Å². The van der Waals surface area contributed by atoms with Gasteiger partial charge in [0.15, 0.2) is 0 Å². The Kier molecular flexibility index (Phi) is 5.25. The van der Waals surface area contributed by atoms with E-state index in [1.165, 1.54) is 0 Å². The fourth-order valence-corrected chi connectivity index (χ4v) is 2.10. The number of ether oxygens (including phenoxy) is 3. The van der Waals surface area contributed by atoms with E-state index < -0.39 is 0 Å². The summed E-state index contributed by atoms with van der Waals surface area (Å²) in [6, 6.07) is 12.6. The second-order valence-corrected chi connectivity index (χ2v) is 4.63. The molecule has 0 spiro atoms. The largest absolute Gasteiger partial charge is 0.497 e. The Balaban J connectivity index is 2.11. The van der Waals surface area contributed by atoms with Gasteiger partial charge in [0.2, 0.25) is 5.91 Å². The van der Waals surface area contributed by atoms with Gasteiger partial charge in [-0.05, 0) is 30.3 Å². The van der Waals surface area contributed by atoms with E-state index in [2.05, 4.69) is 5.32 Å². The molecule has 0 aliphatic heterocycles. The zero-order valence-corrected chi connectivity index (χ0v) is 12.9. The minimum atomic E-state index is -0.139. The predicted molar refractivity (Wildman–Crippen MR) is 84.9 cm³/mol. The van der Waals surface area contributed by atoms with Crippen LogP contribution in [0.1, 0.15) is 5.56 Å². The maximum Gasteiger partial charge on any atom is 0.228 e. The highest BCUT2D eigenvalue weighted by Gasteiger charge is 2.11. The lowest BCUT2D eigenvalue weighted by molar-refractivity contribution is -0.115. The van der Waals surface area contributed by atoms with Gasteiger partial charge < -0.3 is 19.5 Å². The minimum absolute atomic E-state index is 0.139. The molecule has 22 heavy (non-hydrogen) atoms. The Morgan fingerprint density at radius 3 is 2.36 bits per heavy atom. The number of nitrogens with one attached hydrogen (secondary N) is 1. The van der Waals surface area contributed by atoms with Crippen LogP contribution in [0.15, 0.2) is 42.5 Å². The zero-order chi connectivity index (χ0) is 15.9. The molecule has 5 nitrogen and oxygen atoms in total. The normalized spacial score (nSPS) is 9.95. The quantitative estimate of drug-likeness (QED) is 0.891. The van der Waals surface area contributed by atoms with Crippen molar-refractivity contribution in [2.45, 2.75) is 6.42 Å². The van der Waals surface area contributed by atoms with Crippen LogP contribution in [-0.2, 0) is 11.2 Å². The number of methoxy groups -OCH3 is 3. The van der Waals surface area contributed by atoms with Crippen LogP contribution in [0, 0.1) is 0 Å². The molecule has 116 valence electrons. The molecule has 0 aliphatic carbocycles. The van der Waals surface area contributed by atoms with Crippen molar-refractivity contribution in [3.05, 3.63) is 48.0 Å². The first kappa shape index (κ1) is 15.7. The average Bonchev–Trinajstić information content (AvgIpc) is 2.54. The summed E-state index contributed by atoms with van der Waals surface area (Å²) in [5, 5.41) is 2.84. The molecule has 2 aromatic carbocycles. The molecule has 0 saturated carbocycles. The molecule has 0 fully saturated rings. The van der Waals surface area contributed by atoms with Gasteiger partial charge in [0.25, 0.3) is 0 Å². The summed E-state index contributed by atoms with van der Waals surface area (Å²) in [6.07, 6.45) is 0.192. The average molecular weight is 301 g/mol. The van der Waals surface area contributed by atoms with Gasteiger partial charge in [0.05, 0.1) is 27.8 Å². The summed E-state index contributed by atoms with van der Waals surface area (Å²) in [5.74, 6) is 1.89. The maximum atomic E-state index is 12.2. The Hall–Kier alpha value is -2.69. The molecular weight excluding hydrogens is 282 g/mol. The number of carbonyl (C=O) groups is 1. The van der Waals surface area contributed by atoms with E-state index in [0.29, 0.717) is 22.9 Å². The number of anilines is 1. The molecule has 1 N–H and O–H groups in total. The highest BCUT2D eigenvalue weighted by molar-refractivity contribution is 5.92. The van der Waals surface area contributed by atoms with E-state index in [-0.39, 0.29) is 12.3 Å². The SMILES string of the molecule is COc1cccc(NC(=O)Cc2cc(OC)ccc2OC)c1. The summed E-state index contributed by atoms with van der Waals surface area (Å²) in [7, 11) is 4.75. The molecular formula is C17H19NO4. The minimum Gasteiger partial charge on any atom is -0.497 e. The molecule has 0 radical (unpaired) electrons.